The average Bonchev–Trinajstić information content (AvgIpc) is 2.61. The van der Waals surface area contributed by atoms with Gasteiger partial charge >= 0.3 is 0 Å². The molecule has 0 bridgehead atoms. The number of hydrogen-bond donors (Lipinski definition) is 1. The van der Waals surface area contributed by atoms with Crippen LogP contribution in [0.15, 0.2) is 11.6 Å². The van der Waals surface area contributed by atoms with Crippen LogP contribution in [0.4, 0.5) is 0 Å². The number of aliphatic hydroxyl groups excluding tert-OH is 1. The summed E-state index contributed by atoms with van der Waals surface area (Å²) < 4.78 is 0. The third-order valence-corrected chi connectivity index (χ3v) is 3.03. The summed E-state index contributed by atoms with van der Waals surface area (Å²) in [5.41, 5.74) is 1.86. The molecule has 0 saturated heterocycles. The minimum Gasteiger partial charge on any atom is -0.396 e. The smallest absolute Gasteiger partial charge is 0.0464 e. The topological polar surface area (TPSA) is 20.2 Å². The summed E-state index contributed by atoms with van der Waals surface area (Å²) in [6.07, 6.45) is 5.93. The molecule has 0 unspecified atom stereocenters. The van der Waals surface area contributed by atoms with Gasteiger partial charge in [-0.05, 0) is 44.4 Å². The Labute approximate surface area is 75.5 Å². The minimum atomic E-state index is 0.380. The Morgan fingerprint density at radius 1 is 1.58 bits per heavy atom. The number of allylic oxidation sites excluding steroid dienone is 2. The predicted molar refractivity (Wildman–Crippen MR) is 52.0 cm³/mol. The summed E-state index contributed by atoms with van der Waals surface area (Å²) in [6, 6.07) is 0. The van der Waals surface area contributed by atoms with E-state index >= 15 is 0 Å². The zero-order chi connectivity index (χ0) is 9.19. The van der Waals surface area contributed by atoms with Gasteiger partial charge in [0.2, 0.25) is 0 Å². The normalized spacial score (nSPS) is 33.2. The van der Waals surface area contributed by atoms with E-state index in [1.165, 1.54) is 24.8 Å². The van der Waals surface area contributed by atoms with Crippen molar-refractivity contribution in [1.29, 1.82) is 0 Å². The van der Waals surface area contributed by atoms with Crippen molar-refractivity contribution in [2.24, 2.45) is 11.3 Å². The molecule has 0 aromatic carbocycles. The van der Waals surface area contributed by atoms with Crippen LogP contribution >= 0.6 is 0 Å². The van der Waals surface area contributed by atoms with Gasteiger partial charge < -0.3 is 5.11 Å². The maximum atomic E-state index is 8.93. The molecule has 0 aromatic heterocycles. The molecule has 0 aromatic rings. The first kappa shape index (κ1) is 9.79. The van der Waals surface area contributed by atoms with E-state index in [1.54, 1.807) is 0 Å². The van der Waals surface area contributed by atoms with Gasteiger partial charge in [0.15, 0.2) is 0 Å². The summed E-state index contributed by atoms with van der Waals surface area (Å²) in [5, 5.41) is 8.93. The van der Waals surface area contributed by atoms with E-state index in [9.17, 15) is 0 Å². The molecular formula is C11H20O. The van der Waals surface area contributed by atoms with Gasteiger partial charge in [-0.3, -0.25) is 0 Å². The Hall–Kier alpha value is -0.300. The van der Waals surface area contributed by atoms with E-state index in [4.69, 9.17) is 5.11 Å². The molecule has 0 amide bonds. The molecule has 1 N–H and O–H groups in total. The Bertz CT molecular complexity index is 179. The van der Waals surface area contributed by atoms with Crippen molar-refractivity contribution in [3.8, 4) is 0 Å². The molecule has 0 radical (unpaired) electrons. The van der Waals surface area contributed by atoms with Crippen molar-refractivity contribution in [2.75, 3.05) is 6.61 Å². The fraction of sp³-hybridized carbons (Fsp3) is 0.818. The Morgan fingerprint density at radius 2 is 2.25 bits per heavy atom. The molecule has 1 nitrogen and oxygen atoms in total. The fourth-order valence-electron chi connectivity index (χ4n) is 1.79. The highest BCUT2D eigenvalue weighted by atomic mass is 16.3. The van der Waals surface area contributed by atoms with Gasteiger partial charge in [-0.25, -0.2) is 0 Å². The van der Waals surface area contributed by atoms with Gasteiger partial charge in [-0.2, -0.15) is 0 Å². The maximum Gasteiger partial charge on any atom is 0.0464 e. The second-order valence-corrected chi connectivity index (χ2v) is 4.56. The van der Waals surface area contributed by atoms with Crippen LogP contribution in [-0.4, -0.2) is 11.7 Å². The van der Waals surface area contributed by atoms with Gasteiger partial charge in [0.05, 0.1) is 0 Å². The van der Waals surface area contributed by atoms with Crippen LogP contribution in [0.5, 0.6) is 0 Å². The van der Waals surface area contributed by atoms with E-state index in [-0.39, 0.29) is 0 Å². The molecule has 1 heteroatoms. The highest BCUT2D eigenvalue weighted by Crippen LogP contribution is 2.55. The molecular weight excluding hydrogens is 148 g/mol. The Kier molecular flexibility index (Phi) is 2.94. The van der Waals surface area contributed by atoms with Crippen LogP contribution < -0.4 is 0 Å². The molecule has 12 heavy (non-hydrogen) atoms. The second-order valence-electron chi connectivity index (χ2n) is 4.56. The van der Waals surface area contributed by atoms with Crippen LogP contribution in [0, 0.1) is 11.3 Å². The van der Waals surface area contributed by atoms with E-state index in [0.717, 1.165) is 0 Å². The van der Waals surface area contributed by atoms with Crippen molar-refractivity contribution in [2.45, 2.75) is 40.0 Å². The second kappa shape index (κ2) is 3.61. The van der Waals surface area contributed by atoms with E-state index < -0.39 is 0 Å². The zero-order valence-corrected chi connectivity index (χ0v) is 8.43. The predicted octanol–water partition coefficient (Wildman–Crippen LogP) is 2.75. The van der Waals surface area contributed by atoms with Crippen molar-refractivity contribution < 1.29 is 5.11 Å². The summed E-state index contributed by atoms with van der Waals surface area (Å²) in [6.45, 7) is 6.94. The lowest BCUT2D eigenvalue weighted by molar-refractivity contribution is 0.250. The summed E-state index contributed by atoms with van der Waals surface area (Å²) in [5.74, 6) is 0.586. The number of aliphatic hydroxyl groups is 1. The molecule has 1 rings (SSSR count). The Balaban J connectivity index is 2.21. The third kappa shape index (κ3) is 2.34. The maximum absolute atomic E-state index is 8.93. The molecule has 2 atom stereocenters. The van der Waals surface area contributed by atoms with E-state index in [2.05, 4.69) is 26.8 Å². The third-order valence-electron chi connectivity index (χ3n) is 3.03. The summed E-state index contributed by atoms with van der Waals surface area (Å²) in [4.78, 5) is 0. The molecule has 0 heterocycles. The largest absolute Gasteiger partial charge is 0.396 e. The van der Waals surface area contributed by atoms with Crippen LogP contribution in [0.25, 0.3) is 0 Å². The summed E-state index contributed by atoms with van der Waals surface area (Å²) >= 11 is 0. The van der Waals surface area contributed by atoms with Crippen LogP contribution in [-0.2, 0) is 0 Å². The highest BCUT2D eigenvalue weighted by molar-refractivity contribution is 5.01. The van der Waals surface area contributed by atoms with Gasteiger partial charge in [0.1, 0.15) is 0 Å². The lowest BCUT2D eigenvalue weighted by Crippen LogP contribution is -2.00. The number of rotatable bonds is 4. The van der Waals surface area contributed by atoms with Gasteiger partial charge in [-0.15, -0.1) is 0 Å². The van der Waals surface area contributed by atoms with Crippen LogP contribution in [0.1, 0.15) is 40.0 Å². The lowest BCUT2D eigenvalue weighted by Gasteiger charge is -2.07. The summed E-state index contributed by atoms with van der Waals surface area (Å²) in [7, 11) is 0. The molecule has 1 aliphatic rings. The molecule has 70 valence electrons. The van der Waals surface area contributed by atoms with Crippen LogP contribution in [0.2, 0.25) is 0 Å². The first-order valence-corrected chi connectivity index (χ1v) is 4.83. The lowest BCUT2D eigenvalue weighted by atomic mass is 9.99. The Morgan fingerprint density at radius 3 is 2.67 bits per heavy atom. The van der Waals surface area contributed by atoms with Gasteiger partial charge in [0.25, 0.3) is 0 Å². The minimum absolute atomic E-state index is 0.380. The standard InChI is InChI=1S/C11H20O/c1-9(2)5-4-6-11(3)7-10(11)8-12/h5,10,12H,4,6-8H2,1-3H3/t10-,11-/m0/s1. The molecule has 0 aliphatic heterocycles. The van der Waals surface area contributed by atoms with E-state index in [1.807, 2.05) is 0 Å². The SMILES string of the molecule is CC(C)=CCC[C@@]1(C)C[C@H]1CO. The van der Waals surface area contributed by atoms with E-state index in [0.29, 0.717) is 17.9 Å². The van der Waals surface area contributed by atoms with Crippen LogP contribution in [0.3, 0.4) is 0 Å². The van der Waals surface area contributed by atoms with Gasteiger partial charge in [-0.1, -0.05) is 18.6 Å². The molecule has 1 saturated carbocycles. The van der Waals surface area contributed by atoms with Crippen molar-refractivity contribution in [1.82, 2.24) is 0 Å². The monoisotopic (exact) mass is 168 g/mol. The average molecular weight is 168 g/mol. The molecule has 1 fully saturated rings. The highest BCUT2D eigenvalue weighted by Gasteiger charge is 2.48. The first-order valence-electron chi connectivity index (χ1n) is 4.83. The van der Waals surface area contributed by atoms with Crippen molar-refractivity contribution >= 4 is 0 Å². The van der Waals surface area contributed by atoms with Crippen molar-refractivity contribution in [3.63, 3.8) is 0 Å². The van der Waals surface area contributed by atoms with Crippen molar-refractivity contribution in [3.05, 3.63) is 11.6 Å². The first-order chi connectivity index (χ1) is 5.58. The number of hydrogen-bond acceptors (Lipinski definition) is 1. The molecule has 0 spiro atoms. The quantitative estimate of drug-likeness (QED) is 0.640. The zero-order valence-electron chi connectivity index (χ0n) is 8.43. The van der Waals surface area contributed by atoms with Gasteiger partial charge in [0, 0.05) is 6.61 Å². The molecule has 1 aliphatic carbocycles. The fourth-order valence-corrected chi connectivity index (χ4v) is 1.79.